The van der Waals surface area contributed by atoms with Crippen LogP contribution >= 0.6 is 0 Å². The topological polar surface area (TPSA) is 130 Å². The van der Waals surface area contributed by atoms with Crippen LogP contribution in [0.3, 0.4) is 0 Å². The van der Waals surface area contributed by atoms with Crippen LogP contribution in [0, 0.1) is 17.7 Å². The molecule has 0 aliphatic carbocycles. The maximum atomic E-state index is 13.6. The van der Waals surface area contributed by atoms with Crippen molar-refractivity contribution < 1.29 is 43.3 Å². The zero-order chi connectivity index (χ0) is 24.7. The van der Waals surface area contributed by atoms with Gasteiger partial charge in [0, 0.05) is 5.92 Å². The van der Waals surface area contributed by atoms with E-state index in [-0.39, 0.29) is 12.1 Å². The average molecular weight is 473 g/mol. The number of esters is 2. The van der Waals surface area contributed by atoms with Crippen LogP contribution in [0.1, 0.15) is 17.0 Å². The fourth-order valence-electron chi connectivity index (χ4n) is 3.90. The molecule has 0 aromatic heterocycles. The summed E-state index contributed by atoms with van der Waals surface area (Å²) in [4.78, 5) is 53.6. The zero-order valence-electron chi connectivity index (χ0n) is 18.1. The highest BCUT2D eigenvalue weighted by Crippen LogP contribution is 2.41. The lowest BCUT2D eigenvalue weighted by molar-refractivity contribution is -0.173. The molecule has 10 heteroatoms. The number of likely N-dealkylation sites (tertiary alicyclic amines) is 1. The first kappa shape index (κ1) is 25.0. The SMILES string of the molecule is O=C(OCCO)C1C(=O)N(Cc2ccccc2)C(=O)C(C(=O)OCCO)C1c1ccc(F)cc1. The van der Waals surface area contributed by atoms with Crippen LogP contribution in [0.5, 0.6) is 0 Å². The van der Waals surface area contributed by atoms with E-state index in [1.165, 1.54) is 12.1 Å². The highest BCUT2D eigenvalue weighted by Gasteiger charge is 2.55. The molecule has 2 aromatic carbocycles. The molecule has 1 saturated heterocycles. The maximum Gasteiger partial charge on any atom is 0.319 e. The largest absolute Gasteiger partial charge is 0.463 e. The minimum Gasteiger partial charge on any atom is -0.463 e. The van der Waals surface area contributed by atoms with Gasteiger partial charge in [-0.15, -0.1) is 0 Å². The molecule has 2 unspecified atom stereocenters. The third-order valence-corrected chi connectivity index (χ3v) is 5.40. The number of benzene rings is 2. The standard InChI is InChI=1S/C24H24FNO8/c25-17-8-6-16(7-9-17)18-19(23(31)33-12-10-27)21(29)26(14-15-4-2-1-3-5-15)22(30)20(18)24(32)34-13-11-28/h1-9,18-20,27-28H,10-14H2. The Morgan fingerprint density at radius 3 is 1.79 bits per heavy atom. The highest BCUT2D eigenvalue weighted by molar-refractivity contribution is 6.14. The summed E-state index contributed by atoms with van der Waals surface area (Å²) in [5.41, 5.74) is 0.758. The van der Waals surface area contributed by atoms with E-state index in [4.69, 9.17) is 19.7 Å². The van der Waals surface area contributed by atoms with Crippen LogP contribution in [0.15, 0.2) is 54.6 Å². The highest BCUT2D eigenvalue weighted by atomic mass is 19.1. The third-order valence-electron chi connectivity index (χ3n) is 5.40. The van der Waals surface area contributed by atoms with Crippen LogP contribution in [0.4, 0.5) is 4.39 Å². The number of hydrogen-bond donors (Lipinski definition) is 2. The summed E-state index contributed by atoms with van der Waals surface area (Å²) in [5, 5.41) is 18.1. The minimum absolute atomic E-state index is 0.180. The second-order valence-corrected chi connectivity index (χ2v) is 7.56. The van der Waals surface area contributed by atoms with Gasteiger partial charge in [0.05, 0.1) is 19.8 Å². The average Bonchev–Trinajstić information content (AvgIpc) is 2.84. The molecule has 9 nitrogen and oxygen atoms in total. The first-order chi connectivity index (χ1) is 16.4. The van der Waals surface area contributed by atoms with E-state index in [1.54, 1.807) is 30.3 Å². The van der Waals surface area contributed by atoms with Gasteiger partial charge in [-0.3, -0.25) is 24.1 Å². The smallest absolute Gasteiger partial charge is 0.319 e. The first-order valence-corrected chi connectivity index (χ1v) is 10.6. The van der Waals surface area contributed by atoms with Crippen molar-refractivity contribution in [2.75, 3.05) is 26.4 Å². The lowest BCUT2D eigenvalue weighted by Crippen LogP contribution is -2.57. The fourth-order valence-corrected chi connectivity index (χ4v) is 3.90. The lowest BCUT2D eigenvalue weighted by Gasteiger charge is -2.39. The number of aliphatic hydroxyl groups is 2. The molecule has 1 heterocycles. The Labute approximate surface area is 194 Å². The van der Waals surface area contributed by atoms with Crippen molar-refractivity contribution in [1.29, 1.82) is 0 Å². The van der Waals surface area contributed by atoms with Crippen molar-refractivity contribution in [2.24, 2.45) is 11.8 Å². The number of halogens is 1. The number of rotatable bonds is 9. The summed E-state index contributed by atoms with van der Waals surface area (Å²) in [7, 11) is 0. The molecular weight excluding hydrogens is 449 g/mol. The van der Waals surface area contributed by atoms with E-state index in [9.17, 15) is 23.6 Å². The predicted molar refractivity (Wildman–Crippen MR) is 114 cm³/mol. The molecule has 0 saturated carbocycles. The van der Waals surface area contributed by atoms with E-state index in [0.29, 0.717) is 5.56 Å². The van der Waals surface area contributed by atoms with Gasteiger partial charge in [-0.25, -0.2) is 4.39 Å². The summed E-state index contributed by atoms with van der Waals surface area (Å²) in [6.45, 7) is -2.00. The molecule has 1 aliphatic heterocycles. The number of carbonyl (C=O) groups is 4. The Hall–Kier alpha value is -3.63. The molecule has 180 valence electrons. The molecule has 2 atom stereocenters. The van der Waals surface area contributed by atoms with E-state index < -0.39 is 73.8 Å². The Morgan fingerprint density at radius 2 is 1.32 bits per heavy atom. The van der Waals surface area contributed by atoms with Gasteiger partial charge in [0.1, 0.15) is 30.9 Å². The predicted octanol–water partition coefficient (Wildman–Crippen LogP) is 0.782. The van der Waals surface area contributed by atoms with Crippen LogP contribution in [-0.4, -0.2) is 65.3 Å². The van der Waals surface area contributed by atoms with Crippen LogP contribution in [0.2, 0.25) is 0 Å². The zero-order valence-corrected chi connectivity index (χ0v) is 18.1. The van der Waals surface area contributed by atoms with Crippen molar-refractivity contribution in [3.63, 3.8) is 0 Å². The number of amides is 2. The number of carbonyl (C=O) groups excluding carboxylic acids is 4. The molecule has 2 N–H and O–H groups in total. The van der Waals surface area contributed by atoms with E-state index in [2.05, 4.69) is 0 Å². The van der Waals surface area contributed by atoms with Gasteiger partial charge in [-0.2, -0.15) is 0 Å². The van der Waals surface area contributed by atoms with Crippen molar-refractivity contribution in [1.82, 2.24) is 4.90 Å². The molecule has 34 heavy (non-hydrogen) atoms. The van der Waals surface area contributed by atoms with Gasteiger partial charge in [0.2, 0.25) is 11.8 Å². The Kier molecular flexibility index (Phi) is 8.44. The number of aliphatic hydroxyl groups excluding tert-OH is 2. The summed E-state index contributed by atoms with van der Waals surface area (Å²) in [6.07, 6.45) is 0. The van der Waals surface area contributed by atoms with Crippen molar-refractivity contribution in [3.8, 4) is 0 Å². The van der Waals surface area contributed by atoms with Gasteiger partial charge in [0.25, 0.3) is 0 Å². The molecule has 1 fully saturated rings. The summed E-state index contributed by atoms with van der Waals surface area (Å²) < 4.78 is 23.6. The van der Waals surface area contributed by atoms with Gasteiger partial charge >= 0.3 is 11.9 Å². The van der Waals surface area contributed by atoms with Crippen molar-refractivity contribution >= 4 is 23.8 Å². The molecular formula is C24H24FNO8. The molecule has 0 spiro atoms. The molecule has 1 aliphatic rings. The Morgan fingerprint density at radius 1 is 0.824 bits per heavy atom. The lowest BCUT2D eigenvalue weighted by atomic mass is 9.72. The third kappa shape index (κ3) is 5.46. The molecule has 0 bridgehead atoms. The second-order valence-electron chi connectivity index (χ2n) is 7.56. The Bertz CT molecular complexity index is 987. The second kappa shape index (κ2) is 11.5. The number of piperidine rings is 1. The van der Waals surface area contributed by atoms with Crippen LogP contribution < -0.4 is 0 Å². The number of imide groups is 1. The Balaban J connectivity index is 2.10. The first-order valence-electron chi connectivity index (χ1n) is 10.6. The van der Waals surface area contributed by atoms with E-state index >= 15 is 0 Å². The normalized spacial score (nSPS) is 20.2. The van der Waals surface area contributed by atoms with Gasteiger partial charge in [-0.05, 0) is 23.3 Å². The van der Waals surface area contributed by atoms with Gasteiger partial charge in [-0.1, -0.05) is 42.5 Å². The van der Waals surface area contributed by atoms with Crippen LogP contribution in [0.25, 0.3) is 0 Å². The number of nitrogens with zero attached hydrogens (tertiary/aromatic N) is 1. The van der Waals surface area contributed by atoms with Gasteiger partial charge in [0.15, 0.2) is 0 Å². The van der Waals surface area contributed by atoms with Crippen molar-refractivity contribution in [3.05, 3.63) is 71.5 Å². The number of hydrogen-bond acceptors (Lipinski definition) is 8. The quantitative estimate of drug-likeness (QED) is 0.311. The summed E-state index contributed by atoms with van der Waals surface area (Å²) >= 11 is 0. The van der Waals surface area contributed by atoms with E-state index in [1.807, 2.05) is 0 Å². The minimum atomic E-state index is -1.63. The number of ether oxygens (including phenoxy) is 2. The molecule has 0 radical (unpaired) electrons. The summed E-state index contributed by atoms with van der Waals surface area (Å²) in [5.74, 6) is -9.07. The maximum absolute atomic E-state index is 13.6. The molecule has 2 amide bonds. The molecule has 2 aromatic rings. The fraction of sp³-hybridized carbons (Fsp3) is 0.333. The van der Waals surface area contributed by atoms with E-state index in [0.717, 1.165) is 17.0 Å². The summed E-state index contributed by atoms with van der Waals surface area (Å²) in [6, 6.07) is 13.2. The van der Waals surface area contributed by atoms with Crippen molar-refractivity contribution in [2.45, 2.75) is 12.5 Å². The van der Waals surface area contributed by atoms with Crippen LogP contribution in [-0.2, 0) is 35.2 Å². The van der Waals surface area contributed by atoms with Gasteiger partial charge < -0.3 is 19.7 Å². The monoisotopic (exact) mass is 473 g/mol. The molecule has 3 rings (SSSR count).